The van der Waals surface area contributed by atoms with Crippen LogP contribution in [-0.2, 0) is 0 Å². The van der Waals surface area contributed by atoms with Gasteiger partial charge in [-0.2, -0.15) is 0 Å². The van der Waals surface area contributed by atoms with E-state index in [-0.39, 0.29) is 5.91 Å². The number of rotatable bonds is 3. The fourth-order valence-corrected chi connectivity index (χ4v) is 4.61. The number of amides is 1. The van der Waals surface area contributed by atoms with Crippen LogP contribution in [0.25, 0.3) is 0 Å². The molecule has 1 atom stereocenters. The first-order valence-electron chi connectivity index (χ1n) is 9.16. The van der Waals surface area contributed by atoms with Gasteiger partial charge in [0.2, 0.25) is 0 Å². The number of carbonyl (C=O) groups excluding carboxylic acids is 1. The average molecular weight is 313 g/mol. The smallest absolute Gasteiger partial charge is 0.255 e. The minimum Gasteiger partial charge on any atom is -0.338 e. The van der Waals surface area contributed by atoms with E-state index in [0.717, 1.165) is 31.0 Å². The Kier molecular flexibility index (Phi) is 4.10. The third-order valence-electron chi connectivity index (χ3n) is 6.12. The maximum Gasteiger partial charge on any atom is 0.255 e. The summed E-state index contributed by atoms with van der Waals surface area (Å²) in [4.78, 5) is 21.6. The van der Waals surface area contributed by atoms with Crippen LogP contribution in [0.4, 0.5) is 0 Å². The predicted octanol–water partition coefficient (Wildman–Crippen LogP) is 2.81. The minimum absolute atomic E-state index is 0.162. The van der Waals surface area contributed by atoms with Crippen LogP contribution in [-0.4, -0.2) is 53.4 Å². The van der Waals surface area contributed by atoms with E-state index in [9.17, 15) is 4.79 Å². The van der Waals surface area contributed by atoms with Gasteiger partial charge in [0.25, 0.3) is 5.91 Å². The number of likely N-dealkylation sites (tertiary alicyclic amines) is 2. The van der Waals surface area contributed by atoms with Crippen LogP contribution in [0.5, 0.6) is 0 Å². The quantitative estimate of drug-likeness (QED) is 0.861. The summed E-state index contributed by atoms with van der Waals surface area (Å²) in [5, 5.41) is 0. The highest BCUT2D eigenvalue weighted by Crippen LogP contribution is 2.40. The predicted molar refractivity (Wildman–Crippen MR) is 90.2 cm³/mol. The van der Waals surface area contributed by atoms with Crippen molar-refractivity contribution in [1.29, 1.82) is 0 Å². The number of pyridine rings is 1. The topological polar surface area (TPSA) is 36.4 Å². The zero-order valence-corrected chi connectivity index (χ0v) is 13.9. The molecule has 0 radical (unpaired) electrons. The Hall–Kier alpha value is -1.42. The van der Waals surface area contributed by atoms with Crippen LogP contribution < -0.4 is 0 Å². The highest BCUT2D eigenvalue weighted by molar-refractivity contribution is 5.94. The van der Waals surface area contributed by atoms with Gasteiger partial charge in [-0.1, -0.05) is 6.42 Å². The lowest BCUT2D eigenvalue weighted by Crippen LogP contribution is -2.47. The average Bonchev–Trinajstić information content (AvgIpc) is 2.93. The Morgan fingerprint density at radius 2 is 2.13 bits per heavy atom. The maximum absolute atomic E-state index is 12.7. The van der Waals surface area contributed by atoms with Crippen LogP contribution in [0.1, 0.15) is 48.9 Å². The lowest BCUT2D eigenvalue weighted by Gasteiger charge is -2.41. The molecule has 4 nitrogen and oxygen atoms in total. The zero-order valence-electron chi connectivity index (χ0n) is 13.9. The second-order valence-corrected chi connectivity index (χ2v) is 7.85. The molecule has 2 saturated heterocycles. The number of hydrogen-bond donors (Lipinski definition) is 0. The lowest BCUT2D eigenvalue weighted by molar-refractivity contribution is 0.0519. The summed E-state index contributed by atoms with van der Waals surface area (Å²) in [6.07, 6.45) is 11.4. The number of hydrogen-bond acceptors (Lipinski definition) is 3. The molecule has 0 N–H and O–H groups in total. The van der Waals surface area contributed by atoms with E-state index in [0.29, 0.717) is 5.41 Å². The van der Waals surface area contributed by atoms with Crippen molar-refractivity contribution < 1.29 is 4.79 Å². The van der Waals surface area contributed by atoms with E-state index >= 15 is 0 Å². The molecule has 1 aliphatic carbocycles. The fraction of sp³-hybridized carbons (Fsp3) is 0.684. The summed E-state index contributed by atoms with van der Waals surface area (Å²) < 4.78 is 0. The summed E-state index contributed by atoms with van der Waals surface area (Å²) in [5.74, 6) is 1.11. The molecular formula is C19H27N3O. The van der Waals surface area contributed by atoms with E-state index in [4.69, 9.17) is 0 Å². The first-order valence-corrected chi connectivity index (χ1v) is 9.16. The molecule has 1 aromatic rings. The fourth-order valence-electron chi connectivity index (χ4n) is 4.61. The molecule has 0 bridgehead atoms. The largest absolute Gasteiger partial charge is 0.338 e. The van der Waals surface area contributed by atoms with Gasteiger partial charge in [0.05, 0.1) is 5.56 Å². The van der Waals surface area contributed by atoms with Crippen LogP contribution in [0.3, 0.4) is 0 Å². The van der Waals surface area contributed by atoms with Crippen molar-refractivity contribution in [3.05, 3.63) is 30.1 Å². The number of aromatic nitrogens is 1. The van der Waals surface area contributed by atoms with Crippen molar-refractivity contribution in [3.8, 4) is 0 Å². The van der Waals surface area contributed by atoms with Gasteiger partial charge in [0.15, 0.2) is 0 Å². The summed E-state index contributed by atoms with van der Waals surface area (Å²) >= 11 is 0. The summed E-state index contributed by atoms with van der Waals surface area (Å²) in [5.41, 5.74) is 1.08. The van der Waals surface area contributed by atoms with Crippen molar-refractivity contribution in [3.63, 3.8) is 0 Å². The monoisotopic (exact) mass is 313 g/mol. The summed E-state index contributed by atoms with van der Waals surface area (Å²) in [7, 11) is 0. The number of carbonyl (C=O) groups is 1. The number of piperidine rings is 1. The molecule has 3 heterocycles. The standard InChI is InChI=1S/C19H27N3O/c23-18(17-6-2-9-20-12-17)22-10-3-7-19(15-22)8-11-21(14-19)13-16-4-1-5-16/h2,6,9,12,16H,1,3-5,7-8,10-11,13-15H2/t19-/m0/s1. The molecule has 2 aliphatic heterocycles. The molecule has 23 heavy (non-hydrogen) atoms. The molecule has 3 aliphatic rings. The third-order valence-corrected chi connectivity index (χ3v) is 6.12. The first-order chi connectivity index (χ1) is 11.2. The minimum atomic E-state index is 0.162. The Morgan fingerprint density at radius 1 is 1.22 bits per heavy atom. The molecule has 124 valence electrons. The van der Waals surface area contributed by atoms with E-state index in [1.54, 1.807) is 12.4 Å². The van der Waals surface area contributed by atoms with E-state index in [1.807, 2.05) is 12.1 Å². The van der Waals surface area contributed by atoms with Crippen LogP contribution in [0.15, 0.2) is 24.5 Å². The second kappa shape index (κ2) is 6.23. The van der Waals surface area contributed by atoms with Crippen LogP contribution in [0, 0.1) is 11.3 Å². The molecule has 1 spiro atoms. The molecule has 1 amide bonds. The van der Waals surface area contributed by atoms with E-state index in [2.05, 4.69) is 14.8 Å². The van der Waals surface area contributed by atoms with Crippen molar-refractivity contribution >= 4 is 5.91 Å². The summed E-state index contributed by atoms with van der Waals surface area (Å²) in [6, 6.07) is 3.73. The molecule has 1 aromatic heterocycles. The molecule has 1 saturated carbocycles. The van der Waals surface area contributed by atoms with Gasteiger partial charge in [-0.15, -0.1) is 0 Å². The lowest BCUT2D eigenvalue weighted by atomic mass is 9.79. The summed E-state index contributed by atoms with van der Waals surface area (Å²) in [6.45, 7) is 5.55. The highest BCUT2D eigenvalue weighted by Gasteiger charge is 2.43. The Labute approximate surface area is 138 Å². The molecule has 0 unspecified atom stereocenters. The van der Waals surface area contributed by atoms with Gasteiger partial charge in [-0.25, -0.2) is 0 Å². The number of nitrogens with zero attached hydrogens (tertiary/aromatic N) is 3. The van der Waals surface area contributed by atoms with Gasteiger partial charge < -0.3 is 9.80 Å². The molecule has 0 aromatic carbocycles. The second-order valence-electron chi connectivity index (χ2n) is 7.85. The maximum atomic E-state index is 12.7. The normalized spacial score (nSPS) is 29.0. The van der Waals surface area contributed by atoms with E-state index in [1.165, 1.54) is 51.7 Å². The molecule has 3 fully saturated rings. The van der Waals surface area contributed by atoms with Gasteiger partial charge in [0, 0.05) is 44.0 Å². The van der Waals surface area contributed by atoms with Gasteiger partial charge in [-0.3, -0.25) is 9.78 Å². The molecule has 4 rings (SSSR count). The Morgan fingerprint density at radius 3 is 2.87 bits per heavy atom. The van der Waals surface area contributed by atoms with Crippen molar-refractivity contribution in [2.75, 3.05) is 32.7 Å². The Balaban J connectivity index is 1.40. The third kappa shape index (κ3) is 3.14. The van der Waals surface area contributed by atoms with Crippen LogP contribution >= 0.6 is 0 Å². The van der Waals surface area contributed by atoms with Crippen molar-refractivity contribution in [2.45, 2.75) is 38.5 Å². The molecule has 4 heteroatoms. The molecular weight excluding hydrogens is 286 g/mol. The van der Waals surface area contributed by atoms with Gasteiger partial charge >= 0.3 is 0 Å². The van der Waals surface area contributed by atoms with Crippen molar-refractivity contribution in [1.82, 2.24) is 14.8 Å². The van der Waals surface area contributed by atoms with Gasteiger partial charge in [-0.05, 0) is 56.7 Å². The Bertz CT molecular complexity index is 557. The van der Waals surface area contributed by atoms with Crippen molar-refractivity contribution in [2.24, 2.45) is 11.3 Å². The highest BCUT2D eigenvalue weighted by atomic mass is 16.2. The SMILES string of the molecule is O=C(c1cccnc1)N1CCC[C@@]2(CCN(CC3CCC3)C2)C1. The van der Waals surface area contributed by atoms with E-state index < -0.39 is 0 Å². The first kappa shape index (κ1) is 15.1. The van der Waals surface area contributed by atoms with Crippen LogP contribution in [0.2, 0.25) is 0 Å². The zero-order chi connectivity index (χ0) is 15.7. The van der Waals surface area contributed by atoms with Gasteiger partial charge in [0.1, 0.15) is 0 Å².